The van der Waals surface area contributed by atoms with Crippen LogP contribution in [0, 0.1) is 6.92 Å². The fourth-order valence-corrected chi connectivity index (χ4v) is 4.66. The van der Waals surface area contributed by atoms with Crippen LogP contribution in [0.2, 0.25) is 0 Å². The molecule has 1 N–H and O–H groups in total. The maximum Gasteiger partial charge on any atom is 0.226 e. The Morgan fingerprint density at radius 2 is 1.77 bits per heavy atom. The highest BCUT2D eigenvalue weighted by Crippen LogP contribution is 2.42. The Balaban J connectivity index is 1.53. The minimum absolute atomic E-state index is 0.0533. The second kappa shape index (κ2) is 8.02. The molecule has 1 atom stereocenters. The Morgan fingerprint density at radius 3 is 2.52 bits per heavy atom. The van der Waals surface area contributed by atoms with E-state index in [1.165, 1.54) is 19.3 Å². The minimum atomic E-state index is -0.130. The van der Waals surface area contributed by atoms with E-state index in [2.05, 4.69) is 20.4 Å². The molecule has 0 unspecified atom stereocenters. The van der Waals surface area contributed by atoms with Crippen molar-refractivity contribution in [2.45, 2.75) is 38.5 Å². The first kappa shape index (κ1) is 19.5. The molecule has 5 rings (SSSR count). The fraction of sp³-hybridized carbons (Fsp3) is 0.391. The molecule has 0 bridgehead atoms. The molecular formula is C23H26N6O2. The van der Waals surface area contributed by atoms with Gasteiger partial charge in [-0.25, -0.2) is 0 Å². The van der Waals surface area contributed by atoms with Crippen molar-refractivity contribution in [2.24, 2.45) is 0 Å². The molecule has 0 aliphatic carbocycles. The Labute approximate surface area is 181 Å². The third-order valence-electron chi connectivity index (χ3n) is 6.15. The maximum atomic E-state index is 12.6. The zero-order chi connectivity index (χ0) is 21.4. The summed E-state index contributed by atoms with van der Waals surface area (Å²) in [5.41, 5.74) is 2.83. The first-order chi connectivity index (χ1) is 15.2. The molecule has 2 aliphatic heterocycles. The molecule has 2 aliphatic rings. The Hall–Kier alpha value is -3.42. The van der Waals surface area contributed by atoms with Gasteiger partial charge in [-0.15, -0.1) is 10.2 Å². The molecule has 31 heavy (non-hydrogen) atoms. The van der Waals surface area contributed by atoms with E-state index in [4.69, 9.17) is 9.84 Å². The number of carbonyl (C=O) groups is 1. The molecule has 1 aromatic carbocycles. The number of fused-ring (bicyclic) bond motifs is 1. The lowest BCUT2D eigenvalue weighted by Crippen LogP contribution is -2.30. The number of piperidine rings is 1. The average molecular weight is 419 g/mol. The number of aromatic nitrogens is 4. The third kappa shape index (κ3) is 3.52. The number of nitrogens with one attached hydrogen (secondary N) is 1. The van der Waals surface area contributed by atoms with Gasteiger partial charge in [-0.2, -0.15) is 9.78 Å². The highest BCUT2D eigenvalue weighted by atomic mass is 16.5. The molecule has 0 spiro atoms. The van der Waals surface area contributed by atoms with E-state index in [0.717, 1.165) is 41.5 Å². The zero-order valence-corrected chi connectivity index (χ0v) is 17.8. The summed E-state index contributed by atoms with van der Waals surface area (Å²) < 4.78 is 7.26. The molecule has 1 amide bonds. The van der Waals surface area contributed by atoms with Crippen LogP contribution in [0.3, 0.4) is 0 Å². The highest BCUT2D eigenvalue weighted by Gasteiger charge is 2.34. The van der Waals surface area contributed by atoms with Gasteiger partial charge in [-0.1, -0.05) is 18.2 Å². The second-order valence-corrected chi connectivity index (χ2v) is 8.10. The number of anilines is 2. The van der Waals surface area contributed by atoms with E-state index in [-0.39, 0.29) is 11.8 Å². The minimum Gasteiger partial charge on any atom is -0.496 e. The van der Waals surface area contributed by atoms with Crippen molar-refractivity contribution in [1.29, 1.82) is 0 Å². The molecule has 160 valence electrons. The summed E-state index contributed by atoms with van der Waals surface area (Å²) in [7, 11) is 1.65. The van der Waals surface area contributed by atoms with Gasteiger partial charge in [-0.3, -0.25) is 4.79 Å². The number of carbonyl (C=O) groups excluding carboxylic acids is 1. The number of rotatable bonds is 4. The summed E-state index contributed by atoms with van der Waals surface area (Å²) in [5, 5.41) is 16.6. The summed E-state index contributed by atoms with van der Waals surface area (Å²) in [6, 6.07) is 11.7. The van der Waals surface area contributed by atoms with E-state index in [0.29, 0.717) is 18.1 Å². The van der Waals surface area contributed by atoms with Gasteiger partial charge in [0.1, 0.15) is 11.6 Å². The SMILES string of the molecule is COc1ccccc1[C@H]1CC(=O)Nc2c1c(C)nn2-c1ccc(N2CCCCC2)nn1. The molecule has 8 heteroatoms. The predicted molar refractivity (Wildman–Crippen MR) is 118 cm³/mol. The van der Waals surface area contributed by atoms with Gasteiger partial charge < -0.3 is 15.0 Å². The number of hydrogen-bond acceptors (Lipinski definition) is 6. The maximum absolute atomic E-state index is 12.6. The monoisotopic (exact) mass is 418 g/mol. The van der Waals surface area contributed by atoms with E-state index in [1.54, 1.807) is 11.8 Å². The normalized spacial score (nSPS) is 18.5. The van der Waals surface area contributed by atoms with Crippen molar-refractivity contribution in [3.63, 3.8) is 0 Å². The van der Waals surface area contributed by atoms with Crippen LogP contribution in [0.15, 0.2) is 36.4 Å². The van der Waals surface area contributed by atoms with Gasteiger partial charge >= 0.3 is 0 Å². The number of benzene rings is 1. The number of nitrogens with zero attached hydrogens (tertiary/aromatic N) is 5. The van der Waals surface area contributed by atoms with Crippen LogP contribution in [0.5, 0.6) is 5.75 Å². The second-order valence-electron chi connectivity index (χ2n) is 8.10. The quantitative estimate of drug-likeness (QED) is 0.699. The van der Waals surface area contributed by atoms with Crippen molar-refractivity contribution in [2.75, 3.05) is 30.4 Å². The van der Waals surface area contributed by atoms with Crippen LogP contribution in [0.25, 0.3) is 5.82 Å². The van der Waals surface area contributed by atoms with E-state index >= 15 is 0 Å². The number of aryl methyl sites for hydroxylation is 1. The Bertz CT molecular complexity index is 1100. The number of hydrogen-bond donors (Lipinski definition) is 1. The summed E-state index contributed by atoms with van der Waals surface area (Å²) >= 11 is 0. The summed E-state index contributed by atoms with van der Waals surface area (Å²) in [6.45, 7) is 3.99. The van der Waals surface area contributed by atoms with Gasteiger partial charge in [0.2, 0.25) is 5.91 Å². The average Bonchev–Trinajstić information content (AvgIpc) is 3.15. The smallest absolute Gasteiger partial charge is 0.226 e. The van der Waals surface area contributed by atoms with Crippen molar-refractivity contribution in [3.05, 3.63) is 53.2 Å². The van der Waals surface area contributed by atoms with Crippen LogP contribution in [-0.4, -0.2) is 46.1 Å². The van der Waals surface area contributed by atoms with Crippen LogP contribution < -0.4 is 15.0 Å². The van der Waals surface area contributed by atoms with Gasteiger partial charge in [0.05, 0.1) is 12.8 Å². The molecule has 3 aromatic rings. The molecule has 4 heterocycles. The highest BCUT2D eigenvalue weighted by molar-refractivity contribution is 5.95. The number of para-hydroxylation sites is 1. The Morgan fingerprint density at radius 1 is 1.03 bits per heavy atom. The van der Waals surface area contributed by atoms with Crippen molar-refractivity contribution in [3.8, 4) is 11.6 Å². The summed E-state index contributed by atoms with van der Waals surface area (Å²) in [5.74, 6) is 2.72. The summed E-state index contributed by atoms with van der Waals surface area (Å²) in [6.07, 6.45) is 3.99. The van der Waals surface area contributed by atoms with Crippen LogP contribution in [0.1, 0.15) is 48.4 Å². The van der Waals surface area contributed by atoms with Gasteiger partial charge in [-0.05, 0) is 44.4 Å². The number of ether oxygens (including phenoxy) is 1. The Kier molecular flexibility index (Phi) is 5.05. The van der Waals surface area contributed by atoms with Crippen LogP contribution in [0.4, 0.5) is 11.6 Å². The van der Waals surface area contributed by atoms with Crippen molar-refractivity contribution < 1.29 is 9.53 Å². The molecule has 2 aromatic heterocycles. The standard InChI is InChI=1S/C23H26N6O2/c1-15-22-17(16-8-4-5-9-18(16)31-2)14-21(30)24-23(22)29(27-15)20-11-10-19(25-26-20)28-12-6-3-7-13-28/h4-5,8-11,17H,3,6-7,12-14H2,1-2H3,(H,24,30)/t17-/m1/s1. The van der Waals surface area contributed by atoms with Crippen molar-refractivity contribution >= 4 is 17.5 Å². The molecule has 1 fully saturated rings. The lowest BCUT2D eigenvalue weighted by Gasteiger charge is -2.27. The molecule has 8 nitrogen and oxygen atoms in total. The predicted octanol–water partition coefficient (Wildman–Crippen LogP) is 3.44. The van der Waals surface area contributed by atoms with E-state index in [9.17, 15) is 4.79 Å². The van der Waals surface area contributed by atoms with Crippen molar-refractivity contribution in [1.82, 2.24) is 20.0 Å². The first-order valence-electron chi connectivity index (χ1n) is 10.8. The van der Waals surface area contributed by atoms with Gasteiger partial charge in [0, 0.05) is 36.6 Å². The summed E-state index contributed by atoms with van der Waals surface area (Å²) in [4.78, 5) is 14.9. The largest absolute Gasteiger partial charge is 0.496 e. The lowest BCUT2D eigenvalue weighted by atomic mass is 9.85. The molecule has 0 saturated carbocycles. The third-order valence-corrected chi connectivity index (χ3v) is 6.15. The molecule has 1 saturated heterocycles. The van der Waals surface area contributed by atoms with Crippen LogP contribution in [-0.2, 0) is 4.79 Å². The first-order valence-corrected chi connectivity index (χ1v) is 10.8. The van der Waals surface area contributed by atoms with E-state index < -0.39 is 0 Å². The fourth-order valence-electron chi connectivity index (χ4n) is 4.66. The molecule has 0 radical (unpaired) electrons. The number of methoxy groups -OCH3 is 1. The topological polar surface area (TPSA) is 85.2 Å². The number of amides is 1. The van der Waals surface area contributed by atoms with Gasteiger partial charge in [0.25, 0.3) is 0 Å². The van der Waals surface area contributed by atoms with Crippen LogP contribution >= 0.6 is 0 Å². The molecular weight excluding hydrogens is 392 g/mol. The van der Waals surface area contributed by atoms with E-state index in [1.807, 2.05) is 43.3 Å². The zero-order valence-electron chi connectivity index (χ0n) is 17.8. The lowest BCUT2D eigenvalue weighted by molar-refractivity contribution is -0.116. The van der Waals surface area contributed by atoms with Gasteiger partial charge in [0.15, 0.2) is 11.6 Å².